The molecule has 4 heteroatoms. The zero-order valence-corrected chi connectivity index (χ0v) is 11.3. The van der Waals surface area contributed by atoms with E-state index in [1.807, 2.05) is 20.8 Å². The minimum Gasteiger partial charge on any atom is -0.348 e. The van der Waals surface area contributed by atoms with Gasteiger partial charge in [-0.2, -0.15) is 0 Å². The van der Waals surface area contributed by atoms with E-state index in [1.165, 1.54) is 6.07 Å². The second-order valence-corrected chi connectivity index (χ2v) is 5.60. The van der Waals surface area contributed by atoms with Gasteiger partial charge in [0.1, 0.15) is 5.82 Å². The van der Waals surface area contributed by atoms with Crippen molar-refractivity contribution in [1.29, 1.82) is 0 Å². The summed E-state index contributed by atoms with van der Waals surface area (Å²) >= 11 is 0. The Kier molecular flexibility index (Phi) is 4.46. The van der Waals surface area contributed by atoms with Gasteiger partial charge in [-0.05, 0) is 18.4 Å². The van der Waals surface area contributed by atoms with Crippen LogP contribution in [0.1, 0.15) is 39.3 Å². The second-order valence-electron chi connectivity index (χ2n) is 5.60. The van der Waals surface area contributed by atoms with Gasteiger partial charge in [0.25, 0.3) is 0 Å². The minimum absolute atomic E-state index is 0.266. The maximum Gasteiger partial charge on any atom is 0.237 e. The van der Waals surface area contributed by atoms with Crippen molar-refractivity contribution >= 4 is 5.91 Å². The summed E-state index contributed by atoms with van der Waals surface area (Å²) in [5, 5.41) is 2.74. The lowest BCUT2D eigenvalue weighted by molar-refractivity contribution is -0.125. The fourth-order valence-corrected chi connectivity index (χ4v) is 1.60. The molecule has 1 unspecified atom stereocenters. The van der Waals surface area contributed by atoms with Gasteiger partial charge in [0.2, 0.25) is 5.91 Å². The van der Waals surface area contributed by atoms with E-state index >= 15 is 0 Å². The number of amides is 1. The highest BCUT2D eigenvalue weighted by Crippen LogP contribution is 2.20. The molecule has 3 N–H and O–H groups in total. The van der Waals surface area contributed by atoms with Crippen LogP contribution in [0.2, 0.25) is 0 Å². The predicted octanol–water partition coefficient (Wildman–Crippen LogP) is 2.38. The van der Waals surface area contributed by atoms with Gasteiger partial charge in [0.15, 0.2) is 0 Å². The molecule has 0 aliphatic heterocycles. The minimum atomic E-state index is -0.619. The van der Waals surface area contributed by atoms with Crippen LogP contribution in [0.3, 0.4) is 0 Å². The molecule has 1 amide bonds. The van der Waals surface area contributed by atoms with Crippen molar-refractivity contribution < 1.29 is 9.18 Å². The fraction of sp³-hybridized carbons (Fsp3) is 0.500. The third kappa shape index (κ3) is 3.53. The molecule has 1 rings (SSSR count). The molecule has 0 saturated carbocycles. The molecule has 0 aliphatic rings. The van der Waals surface area contributed by atoms with Gasteiger partial charge in [-0.15, -0.1) is 0 Å². The molecule has 1 aromatic rings. The number of halogens is 1. The van der Waals surface area contributed by atoms with E-state index in [9.17, 15) is 9.18 Å². The van der Waals surface area contributed by atoms with Crippen LogP contribution in [0, 0.1) is 11.2 Å². The molecule has 0 aliphatic carbocycles. The molecule has 1 aromatic carbocycles. The molecule has 0 fully saturated rings. The Balaban J connectivity index is 2.75. The molecule has 0 spiro atoms. The Morgan fingerprint density at radius 1 is 1.33 bits per heavy atom. The predicted molar refractivity (Wildman–Crippen MR) is 70.4 cm³/mol. The van der Waals surface area contributed by atoms with Crippen molar-refractivity contribution in [3.05, 3.63) is 35.6 Å². The lowest BCUT2D eigenvalue weighted by Crippen LogP contribution is -2.49. The van der Waals surface area contributed by atoms with Crippen LogP contribution in [0.5, 0.6) is 0 Å². The van der Waals surface area contributed by atoms with Gasteiger partial charge in [-0.3, -0.25) is 4.79 Å². The number of nitrogens with one attached hydrogen (secondary N) is 1. The first-order valence-corrected chi connectivity index (χ1v) is 6.04. The standard InChI is InChI=1S/C14H21FN2O/c1-9(10-7-5-6-8-11(10)15)17-13(18)12(16)14(2,3)4/h5-9,12H,16H2,1-4H3,(H,17,18)/t9?,12-/m0/s1. The van der Waals surface area contributed by atoms with Crippen LogP contribution in [-0.4, -0.2) is 11.9 Å². The SMILES string of the molecule is CC(NC(=O)[C@H](N)C(C)(C)C)c1ccccc1F. The average Bonchev–Trinajstić information content (AvgIpc) is 2.27. The number of carbonyl (C=O) groups is 1. The average molecular weight is 252 g/mol. The highest BCUT2D eigenvalue weighted by Gasteiger charge is 2.28. The molecular formula is C14H21FN2O. The maximum atomic E-state index is 13.5. The maximum absolute atomic E-state index is 13.5. The Bertz CT molecular complexity index is 426. The van der Waals surface area contributed by atoms with E-state index in [-0.39, 0.29) is 17.1 Å². The Morgan fingerprint density at radius 2 is 1.89 bits per heavy atom. The number of benzene rings is 1. The van der Waals surface area contributed by atoms with Crippen molar-refractivity contribution in [3.8, 4) is 0 Å². The second kappa shape index (κ2) is 5.48. The normalized spacial score (nSPS) is 15.0. The van der Waals surface area contributed by atoms with Crippen molar-refractivity contribution in [2.24, 2.45) is 11.1 Å². The van der Waals surface area contributed by atoms with Gasteiger partial charge < -0.3 is 11.1 Å². The van der Waals surface area contributed by atoms with E-state index in [4.69, 9.17) is 5.73 Å². The van der Waals surface area contributed by atoms with Crippen LogP contribution >= 0.6 is 0 Å². The number of hydrogen-bond donors (Lipinski definition) is 2. The molecule has 18 heavy (non-hydrogen) atoms. The van der Waals surface area contributed by atoms with Gasteiger partial charge in [0.05, 0.1) is 12.1 Å². The molecule has 0 saturated heterocycles. The number of nitrogens with two attached hydrogens (primary N) is 1. The van der Waals surface area contributed by atoms with E-state index in [1.54, 1.807) is 25.1 Å². The first-order chi connectivity index (χ1) is 8.23. The zero-order valence-electron chi connectivity index (χ0n) is 11.3. The summed E-state index contributed by atoms with van der Waals surface area (Å²) in [5.74, 6) is -0.590. The lowest BCUT2D eigenvalue weighted by atomic mass is 9.86. The summed E-state index contributed by atoms with van der Waals surface area (Å²) in [5.41, 5.74) is 6.00. The summed E-state index contributed by atoms with van der Waals surface area (Å²) in [6.45, 7) is 7.42. The highest BCUT2D eigenvalue weighted by atomic mass is 19.1. The Hall–Kier alpha value is -1.42. The first-order valence-electron chi connectivity index (χ1n) is 6.04. The molecule has 100 valence electrons. The van der Waals surface area contributed by atoms with Crippen LogP contribution in [0.25, 0.3) is 0 Å². The van der Waals surface area contributed by atoms with Gasteiger partial charge in [0, 0.05) is 5.56 Å². The van der Waals surface area contributed by atoms with E-state index in [2.05, 4.69) is 5.32 Å². The van der Waals surface area contributed by atoms with Crippen molar-refractivity contribution in [3.63, 3.8) is 0 Å². The molecular weight excluding hydrogens is 231 g/mol. The summed E-state index contributed by atoms with van der Waals surface area (Å²) in [6.07, 6.45) is 0. The van der Waals surface area contributed by atoms with Crippen molar-refractivity contribution in [1.82, 2.24) is 5.32 Å². The molecule has 3 nitrogen and oxygen atoms in total. The topological polar surface area (TPSA) is 55.1 Å². The molecule has 0 bridgehead atoms. The van der Waals surface area contributed by atoms with E-state index in [0.29, 0.717) is 5.56 Å². The monoisotopic (exact) mass is 252 g/mol. The molecule has 0 aromatic heterocycles. The summed E-state index contributed by atoms with van der Waals surface area (Å²) < 4.78 is 13.5. The zero-order chi connectivity index (χ0) is 13.9. The quantitative estimate of drug-likeness (QED) is 0.867. The van der Waals surface area contributed by atoms with Gasteiger partial charge in [-0.25, -0.2) is 4.39 Å². The van der Waals surface area contributed by atoms with Crippen LogP contribution in [0.4, 0.5) is 4.39 Å². The summed E-state index contributed by atoms with van der Waals surface area (Å²) in [6, 6.07) is 5.38. The van der Waals surface area contributed by atoms with Crippen LogP contribution in [-0.2, 0) is 4.79 Å². The van der Waals surface area contributed by atoms with Crippen molar-refractivity contribution in [2.45, 2.75) is 39.8 Å². The lowest BCUT2D eigenvalue weighted by Gasteiger charge is -2.27. The number of carbonyl (C=O) groups excluding carboxylic acids is 1. The third-order valence-electron chi connectivity index (χ3n) is 2.95. The summed E-state index contributed by atoms with van der Waals surface area (Å²) in [7, 11) is 0. The molecule has 0 heterocycles. The van der Waals surface area contributed by atoms with E-state index < -0.39 is 12.1 Å². The van der Waals surface area contributed by atoms with Crippen molar-refractivity contribution in [2.75, 3.05) is 0 Å². The number of hydrogen-bond acceptors (Lipinski definition) is 2. The molecule has 2 atom stereocenters. The largest absolute Gasteiger partial charge is 0.348 e. The third-order valence-corrected chi connectivity index (χ3v) is 2.95. The fourth-order valence-electron chi connectivity index (χ4n) is 1.60. The Labute approximate surface area is 108 Å². The van der Waals surface area contributed by atoms with Crippen LogP contribution < -0.4 is 11.1 Å². The van der Waals surface area contributed by atoms with Gasteiger partial charge >= 0.3 is 0 Å². The number of rotatable bonds is 3. The van der Waals surface area contributed by atoms with E-state index in [0.717, 1.165) is 0 Å². The summed E-state index contributed by atoms with van der Waals surface area (Å²) in [4.78, 5) is 11.9. The highest BCUT2D eigenvalue weighted by molar-refractivity contribution is 5.82. The molecule has 0 radical (unpaired) electrons. The van der Waals surface area contributed by atoms with Gasteiger partial charge in [-0.1, -0.05) is 39.0 Å². The first kappa shape index (κ1) is 14.6. The smallest absolute Gasteiger partial charge is 0.237 e. The van der Waals surface area contributed by atoms with Crippen LogP contribution in [0.15, 0.2) is 24.3 Å². The Morgan fingerprint density at radius 3 is 2.39 bits per heavy atom.